The smallest absolute Gasteiger partial charge is 0.340 e. The van der Waals surface area contributed by atoms with Crippen molar-refractivity contribution in [3.63, 3.8) is 0 Å². The summed E-state index contributed by atoms with van der Waals surface area (Å²) in [5.41, 5.74) is -0.887. The maximum Gasteiger partial charge on any atom is 0.340 e. The summed E-state index contributed by atoms with van der Waals surface area (Å²) in [6, 6.07) is 0.454. The van der Waals surface area contributed by atoms with Crippen LogP contribution in [0.15, 0.2) is 0 Å². The predicted molar refractivity (Wildman–Crippen MR) is 104 cm³/mol. The molecule has 1 heterocycles. The first-order valence-electron chi connectivity index (χ1n) is 9.25. The largest absolute Gasteiger partial charge is 0.462 e. The molecule has 0 aromatic rings. The van der Waals surface area contributed by atoms with Gasteiger partial charge in [0.2, 0.25) is 0 Å². The van der Waals surface area contributed by atoms with Crippen molar-refractivity contribution in [1.29, 1.82) is 0 Å². The van der Waals surface area contributed by atoms with Crippen LogP contribution in [0.4, 0.5) is 4.79 Å². The van der Waals surface area contributed by atoms with E-state index in [1.54, 1.807) is 5.06 Å². The van der Waals surface area contributed by atoms with Crippen LogP contribution in [-0.4, -0.2) is 65.6 Å². The van der Waals surface area contributed by atoms with Crippen molar-refractivity contribution in [3.8, 4) is 0 Å². The Balaban J connectivity index is 0.00000625. The highest BCUT2D eigenvalue weighted by Gasteiger charge is 2.49. The lowest BCUT2D eigenvalue weighted by atomic mass is 10.0. The molecule has 156 valence electrons. The Morgan fingerprint density at radius 2 is 1.85 bits per heavy atom. The highest BCUT2D eigenvalue weighted by Crippen LogP contribution is 2.34. The number of hydroxylamine groups is 2. The van der Waals surface area contributed by atoms with Crippen LogP contribution in [0.1, 0.15) is 60.8 Å². The minimum atomic E-state index is -2.88. The molecule has 3 unspecified atom stereocenters. The van der Waals surface area contributed by atoms with Crippen LogP contribution in [0.5, 0.6) is 0 Å². The number of aliphatic hydroxyl groups excluding tert-OH is 2. The molecule has 0 aromatic carbocycles. The molecule has 0 bridgehead atoms. The van der Waals surface area contributed by atoms with Gasteiger partial charge in [-0.15, -0.1) is 0 Å². The number of hydrogen-bond acceptors (Lipinski definition) is 6. The number of nitrogens with zero attached hydrogens (tertiary/aromatic N) is 1. The molecule has 1 aliphatic rings. The number of hydrogen-bond donors (Lipinski definition) is 2. The maximum atomic E-state index is 12.9. The zero-order chi connectivity index (χ0) is 19.5. The van der Waals surface area contributed by atoms with Gasteiger partial charge < -0.3 is 25.0 Å². The SMILES string of the molecule is CC(C)(C)C[Si](C)(ON1CCCC1C(O)CCO)C(=O)OC(C)(C)C.O. The van der Waals surface area contributed by atoms with Crippen LogP contribution < -0.4 is 0 Å². The average molecular weight is 394 g/mol. The Morgan fingerprint density at radius 1 is 1.27 bits per heavy atom. The fourth-order valence-corrected chi connectivity index (χ4v) is 6.96. The predicted octanol–water partition coefficient (Wildman–Crippen LogP) is 2.44. The van der Waals surface area contributed by atoms with Crippen LogP contribution in [0.25, 0.3) is 0 Å². The molecule has 0 aliphatic carbocycles. The summed E-state index contributed by atoms with van der Waals surface area (Å²) in [6.45, 7) is 14.4. The molecule has 1 saturated heterocycles. The van der Waals surface area contributed by atoms with E-state index in [-0.39, 0.29) is 29.1 Å². The van der Waals surface area contributed by atoms with Gasteiger partial charge in [-0.3, -0.25) is 4.79 Å². The molecular weight excluding hydrogens is 354 g/mol. The Kier molecular flexibility index (Phi) is 9.42. The van der Waals surface area contributed by atoms with Gasteiger partial charge in [0.15, 0.2) is 0 Å². The molecule has 1 aliphatic heterocycles. The van der Waals surface area contributed by atoms with Crippen molar-refractivity contribution in [2.24, 2.45) is 5.41 Å². The number of rotatable bonds is 7. The van der Waals surface area contributed by atoms with E-state index in [0.29, 0.717) is 19.0 Å². The molecule has 1 fully saturated rings. The van der Waals surface area contributed by atoms with Gasteiger partial charge in [-0.05, 0) is 58.0 Å². The van der Waals surface area contributed by atoms with E-state index in [2.05, 4.69) is 20.8 Å². The van der Waals surface area contributed by atoms with E-state index >= 15 is 0 Å². The Morgan fingerprint density at radius 3 is 2.31 bits per heavy atom. The standard InChI is InChI=1S/C18H37NO5Si.H2O/c1-17(2,3)13-25(7,16(22)23-18(4,5)6)24-19-11-8-9-14(19)15(21)10-12-20;/h14-15,20-21H,8-13H2,1-7H3;1H2. The van der Waals surface area contributed by atoms with Gasteiger partial charge >= 0.3 is 13.9 Å². The summed E-state index contributed by atoms with van der Waals surface area (Å²) >= 11 is 0. The van der Waals surface area contributed by atoms with Gasteiger partial charge in [-0.1, -0.05) is 20.8 Å². The summed E-state index contributed by atoms with van der Waals surface area (Å²) in [6.07, 6.45) is 1.37. The van der Waals surface area contributed by atoms with Crippen LogP contribution in [0, 0.1) is 5.41 Å². The van der Waals surface area contributed by atoms with Crippen molar-refractivity contribution < 1.29 is 29.7 Å². The van der Waals surface area contributed by atoms with Crippen molar-refractivity contribution in [1.82, 2.24) is 5.06 Å². The third kappa shape index (κ3) is 8.02. The first-order chi connectivity index (χ1) is 11.3. The van der Waals surface area contributed by atoms with Gasteiger partial charge in [0.1, 0.15) is 5.60 Å². The Labute approximate surface area is 159 Å². The van der Waals surface area contributed by atoms with E-state index in [1.165, 1.54) is 0 Å². The number of aliphatic hydroxyl groups is 2. The maximum absolute atomic E-state index is 12.9. The Bertz CT molecular complexity index is 448. The molecule has 0 aromatic heterocycles. The van der Waals surface area contributed by atoms with Crippen LogP contribution in [-0.2, 0) is 9.26 Å². The number of carbonyl (C=O) groups is 1. The van der Waals surface area contributed by atoms with Crippen LogP contribution in [0.3, 0.4) is 0 Å². The second kappa shape index (κ2) is 9.61. The fourth-order valence-electron chi connectivity index (χ4n) is 3.39. The minimum Gasteiger partial charge on any atom is -0.462 e. The van der Waals surface area contributed by atoms with E-state index in [9.17, 15) is 9.90 Å². The minimum absolute atomic E-state index is 0. The summed E-state index contributed by atoms with van der Waals surface area (Å²) in [5.74, 6) is 0. The molecule has 8 heteroatoms. The Hall–Kier alpha value is -0.513. The van der Waals surface area contributed by atoms with Crippen molar-refractivity contribution in [2.75, 3.05) is 13.2 Å². The highest BCUT2D eigenvalue weighted by molar-refractivity contribution is 6.99. The quantitative estimate of drug-likeness (QED) is 0.643. The van der Waals surface area contributed by atoms with Crippen molar-refractivity contribution in [3.05, 3.63) is 0 Å². The lowest BCUT2D eigenvalue weighted by Gasteiger charge is -2.38. The third-order valence-corrected chi connectivity index (χ3v) is 7.47. The van der Waals surface area contributed by atoms with E-state index in [1.807, 2.05) is 27.3 Å². The molecule has 7 nitrogen and oxygen atoms in total. The molecule has 0 spiro atoms. The van der Waals surface area contributed by atoms with Gasteiger partial charge in [0.05, 0.1) is 12.1 Å². The second-order valence-corrected chi connectivity index (χ2v) is 12.9. The summed E-state index contributed by atoms with van der Waals surface area (Å²) in [4.78, 5) is 12.9. The molecule has 0 radical (unpaired) electrons. The summed E-state index contributed by atoms with van der Waals surface area (Å²) in [5, 5.41) is 21.2. The van der Waals surface area contributed by atoms with E-state index in [4.69, 9.17) is 14.4 Å². The van der Waals surface area contributed by atoms with Crippen LogP contribution >= 0.6 is 0 Å². The zero-order valence-electron chi connectivity index (χ0n) is 17.5. The van der Waals surface area contributed by atoms with Gasteiger partial charge in [-0.25, -0.2) is 0 Å². The normalized spacial score (nSPS) is 22.4. The average Bonchev–Trinajstić information content (AvgIpc) is 2.82. The molecule has 26 heavy (non-hydrogen) atoms. The van der Waals surface area contributed by atoms with Gasteiger partial charge in [0, 0.05) is 13.2 Å². The van der Waals surface area contributed by atoms with Crippen molar-refractivity contribution >= 4 is 13.9 Å². The van der Waals surface area contributed by atoms with Gasteiger partial charge in [0.25, 0.3) is 0 Å². The molecular formula is C18H39NO6Si. The summed E-state index contributed by atoms with van der Waals surface area (Å²) in [7, 11) is -2.88. The van der Waals surface area contributed by atoms with Gasteiger partial charge in [-0.2, -0.15) is 5.06 Å². The summed E-state index contributed by atoms with van der Waals surface area (Å²) < 4.78 is 12.0. The second-order valence-electron chi connectivity index (χ2n) is 9.49. The molecule has 0 saturated carbocycles. The fraction of sp³-hybridized carbons (Fsp3) is 0.944. The van der Waals surface area contributed by atoms with E-state index in [0.717, 1.165) is 12.8 Å². The highest BCUT2D eigenvalue weighted by atomic mass is 28.4. The number of carbonyl (C=O) groups excluding carboxylic acids is 1. The first-order valence-corrected chi connectivity index (χ1v) is 11.9. The van der Waals surface area contributed by atoms with Crippen LogP contribution in [0.2, 0.25) is 12.6 Å². The number of ether oxygens (including phenoxy) is 1. The molecule has 4 N–H and O–H groups in total. The van der Waals surface area contributed by atoms with E-state index < -0.39 is 20.0 Å². The first kappa shape index (κ1) is 25.5. The third-order valence-electron chi connectivity index (χ3n) is 4.13. The lowest BCUT2D eigenvalue weighted by Crippen LogP contribution is -2.55. The topological polar surface area (TPSA) is 111 Å². The monoisotopic (exact) mass is 393 g/mol. The van der Waals surface area contributed by atoms with Crippen molar-refractivity contribution in [2.45, 2.75) is 91.1 Å². The molecule has 0 amide bonds. The zero-order valence-corrected chi connectivity index (χ0v) is 18.5. The molecule has 3 atom stereocenters. The lowest BCUT2D eigenvalue weighted by molar-refractivity contribution is -0.117. The molecule has 1 rings (SSSR count).